The Bertz CT molecular complexity index is 538. The second-order valence-corrected chi connectivity index (χ2v) is 5.15. The summed E-state index contributed by atoms with van der Waals surface area (Å²) in [5, 5.41) is 9.76. The van der Waals surface area contributed by atoms with E-state index in [4.69, 9.17) is 4.74 Å². The van der Waals surface area contributed by atoms with Gasteiger partial charge in [-0.2, -0.15) is 0 Å². The summed E-state index contributed by atoms with van der Waals surface area (Å²) in [6.45, 7) is 6.75. The van der Waals surface area contributed by atoms with Crippen LogP contribution in [0.25, 0.3) is 0 Å². The second kappa shape index (κ2) is 6.58. The molecule has 106 valence electrons. The fourth-order valence-electron chi connectivity index (χ4n) is 2.25. The summed E-state index contributed by atoms with van der Waals surface area (Å²) in [6, 6.07) is 14.0. The average Bonchev–Trinajstić information content (AvgIpc) is 2.46. The van der Waals surface area contributed by atoms with Gasteiger partial charge in [0.15, 0.2) is 0 Å². The van der Waals surface area contributed by atoms with Crippen molar-refractivity contribution in [2.75, 3.05) is 0 Å². The molecule has 0 fully saturated rings. The van der Waals surface area contributed by atoms with E-state index in [9.17, 15) is 5.11 Å². The lowest BCUT2D eigenvalue weighted by atomic mass is 10.0. The molecule has 2 aromatic carbocycles. The summed E-state index contributed by atoms with van der Waals surface area (Å²) in [6.07, 6.45) is 0.338. The fourth-order valence-corrected chi connectivity index (χ4v) is 2.25. The van der Waals surface area contributed by atoms with E-state index in [-0.39, 0.29) is 6.10 Å². The van der Waals surface area contributed by atoms with Crippen molar-refractivity contribution in [1.82, 2.24) is 0 Å². The van der Waals surface area contributed by atoms with Crippen LogP contribution in [0, 0.1) is 13.8 Å². The maximum Gasteiger partial charge on any atom is 0.119 e. The van der Waals surface area contributed by atoms with Gasteiger partial charge in [0.25, 0.3) is 0 Å². The van der Waals surface area contributed by atoms with Gasteiger partial charge in [0.05, 0.1) is 6.10 Å². The summed E-state index contributed by atoms with van der Waals surface area (Å²) in [7, 11) is 0. The minimum Gasteiger partial charge on any atom is -0.489 e. The number of aliphatic hydroxyl groups is 1. The lowest BCUT2D eigenvalue weighted by Gasteiger charge is -2.13. The first-order chi connectivity index (χ1) is 9.61. The van der Waals surface area contributed by atoms with Crippen LogP contribution in [0.15, 0.2) is 42.5 Å². The minimum absolute atomic E-state index is 0.386. The van der Waals surface area contributed by atoms with Crippen LogP contribution in [0.5, 0.6) is 5.75 Å². The van der Waals surface area contributed by atoms with E-state index in [0.29, 0.717) is 6.61 Å². The third kappa shape index (κ3) is 3.40. The standard InChI is InChI=1S/C18H22O2/c1-4-18(19)15-8-10-16(11-9-15)20-12-17-13(2)6-5-7-14(17)3/h5-11,18-19H,4,12H2,1-3H3/t18-/m0/s1. The van der Waals surface area contributed by atoms with E-state index < -0.39 is 0 Å². The van der Waals surface area contributed by atoms with Gasteiger partial charge in [-0.25, -0.2) is 0 Å². The second-order valence-electron chi connectivity index (χ2n) is 5.15. The molecule has 0 bridgehead atoms. The molecule has 2 aromatic rings. The Labute approximate surface area is 121 Å². The van der Waals surface area contributed by atoms with E-state index in [0.717, 1.165) is 17.7 Å². The molecule has 2 rings (SSSR count). The highest BCUT2D eigenvalue weighted by molar-refractivity contribution is 5.34. The third-order valence-corrected chi connectivity index (χ3v) is 3.68. The summed E-state index contributed by atoms with van der Waals surface area (Å²) in [5.74, 6) is 0.833. The van der Waals surface area contributed by atoms with Crippen LogP contribution in [-0.2, 0) is 6.61 Å². The Morgan fingerprint density at radius 1 is 1.00 bits per heavy atom. The predicted octanol–water partition coefficient (Wildman–Crippen LogP) is 4.33. The molecule has 0 aliphatic rings. The largest absolute Gasteiger partial charge is 0.489 e. The van der Waals surface area contributed by atoms with E-state index in [2.05, 4.69) is 32.0 Å². The Hall–Kier alpha value is -1.80. The van der Waals surface area contributed by atoms with Gasteiger partial charge in [-0.3, -0.25) is 0 Å². The van der Waals surface area contributed by atoms with Crippen molar-refractivity contribution in [3.8, 4) is 5.75 Å². The third-order valence-electron chi connectivity index (χ3n) is 3.68. The lowest BCUT2D eigenvalue weighted by Crippen LogP contribution is -2.01. The molecule has 0 aliphatic carbocycles. The van der Waals surface area contributed by atoms with Crippen molar-refractivity contribution in [2.24, 2.45) is 0 Å². The summed E-state index contributed by atoms with van der Waals surface area (Å²) in [4.78, 5) is 0. The van der Waals surface area contributed by atoms with E-state index >= 15 is 0 Å². The Kier molecular flexibility index (Phi) is 4.80. The first-order valence-electron chi connectivity index (χ1n) is 7.07. The number of hydrogen-bond acceptors (Lipinski definition) is 2. The molecule has 20 heavy (non-hydrogen) atoms. The molecule has 2 heteroatoms. The Balaban J connectivity index is 2.04. The first kappa shape index (κ1) is 14.6. The number of ether oxygens (including phenoxy) is 1. The molecule has 0 aromatic heterocycles. The highest BCUT2D eigenvalue weighted by Crippen LogP contribution is 2.21. The van der Waals surface area contributed by atoms with Crippen molar-refractivity contribution in [1.29, 1.82) is 0 Å². The van der Waals surface area contributed by atoms with Gasteiger partial charge in [-0.1, -0.05) is 37.3 Å². The van der Waals surface area contributed by atoms with Gasteiger partial charge in [-0.15, -0.1) is 0 Å². The van der Waals surface area contributed by atoms with Crippen molar-refractivity contribution < 1.29 is 9.84 Å². The number of aliphatic hydroxyl groups excluding tert-OH is 1. The topological polar surface area (TPSA) is 29.5 Å². The van der Waals surface area contributed by atoms with E-state index in [1.165, 1.54) is 16.7 Å². The van der Waals surface area contributed by atoms with Crippen LogP contribution in [0.2, 0.25) is 0 Å². The maximum absolute atomic E-state index is 9.76. The zero-order valence-electron chi connectivity index (χ0n) is 12.4. The summed E-state index contributed by atoms with van der Waals surface area (Å²) < 4.78 is 5.84. The van der Waals surface area contributed by atoms with E-state index in [1.807, 2.05) is 31.2 Å². The zero-order chi connectivity index (χ0) is 14.5. The highest BCUT2D eigenvalue weighted by Gasteiger charge is 2.06. The Morgan fingerprint density at radius 3 is 2.15 bits per heavy atom. The molecule has 0 aliphatic heterocycles. The zero-order valence-corrected chi connectivity index (χ0v) is 12.4. The fraction of sp³-hybridized carbons (Fsp3) is 0.333. The molecule has 2 nitrogen and oxygen atoms in total. The smallest absolute Gasteiger partial charge is 0.119 e. The molecule has 0 saturated carbocycles. The summed E-state index contributed by atoms with van der Waals surface area (Å²) in [5.41, 5.74) is 4.68. The number of aryl methyl sites for hydroxylation is 2. The predicted molar refractivity (Wildman–Crippen MR) is 81.9 cm³/mol. The average molecular weight is 270 g/mol. The molecule has 0 amide bonds. The molecular formula is C18H22O2. The number of rotatable bonds is 5. The van der Waals surface area contributed by atoms with Crippen LogP contribution in [0.1, 0.15) is 41.7 Å². The first-order valence-corrected chi connectivity index (χ1v) is 7.07. The highest BCUT2D eigenvalue weighted by atomic mass is 16.5. The number of hydrogen-bond donors (Lipinski definition) is 1. The molecule has 0 radical (unpaired) electrons. The van der Waals surface area contributed by atoms with Gasteiger partial charge < -0.3 is 9.84 Å². The monoisotopic (exact) mass is 270 g/mol. The molecule has 0 spiro atoms. The van der Waals surface area contributed by atoms with E-state index in [1.54, 1.807) is 0 Å². The minimum atomic E-state index is -0.386. The quantitative estimate of drug-likeness (QED) is 0.876. The van der Waals surface area contributed by atoms with Gasteiger partial charge in [0.2, 0.25) is 0 Å². The van der Waals surface area contributed by atoms with Gasteiger partial charge in [0, 0.05) is 0 Å². The van der Waals surface area contributed by atoms with Crippen LogP contribution in [0.3, 0.4) is 0 Å². The van der Waals surface area contributed by atoms with Crippen molar-refractivity contribution in [3.63, 3.8) is 0 Å². The Morgan fingerprint density at radius 2 is 1.60 bits per heavy atom. The van der Waals surface area contributed by atoms with Crippen molar-refractivity contribution in [3.05, 3.63) is 64.7 Å². The normalized spacial score (nSPS) is 12.2. The van der Waals surface area contributed by atoms with Crippen LogP contribution in [-0.4, -0.2) is 5.11 Å². The maximum atomic E-state index is 9.76. The lowest BCUT2D eigenvalue weighted by molar-refractivity contribution is 0.173. The van der Waals surface area contributed by atoms with Crippen LogP contribution >= 0.6 is 0 Å². The van der Waals surface area contributed by atoms with Crippen LogP contribution < -0.4 is 4.74 Å². The molecule has 1 N–H and O–H groups in total. The SMILES string of the molecule is CC[C@H](O)c1ccc(OCc2c(C)cccc2C)cc1. The summed E-state index contributed by atoms with van der Waals surface area (Å²) >= 11 is 0. The van der Waals surface area contributed by atoms with Crippen molar-refractivity contribution >= 4 is 0 Å². The molecule has 0 saturated heterocycles. The molecule has 1 atom stereocenters. The number of benzene rings is 2. The molecule has 0 heterocycles. The van der Waals surface area contributed by atoms with Gasteiger partial charge >= 0.3 is 0 Å². The van der Waals surface area contributed by atoms with Crippen molar-refractivity contribution in [2.45, 2.75) is 39.9 Å². The molecular weight excluding hydrogens is 248 g/mol. The molecule has 0 unspecified atom stereocenters. The van der Waals surface area contributed by atoms with Crippen LogP contribution in [0.4, 0.5) is 0 Å². The van der Waals surface area contributed by atoms with Gasteiger partial charge in [-0.05, 0) is 54.7 Å². The van der Waals surface area contributed by atoms with Gasteiger partial charge in [0.1, 0.15) is 12.4 Å².